The number of H-pyrrole nitrogens is 1. The van der Waals surface area contributed by atoms with E-state index in [9.17, 15) is 14.4 Å². The van der Waals surface area contributed by atoms with Crippen LogP contribution in [0, 0.1) is 6.92 Å². The van der Waals surface area contributed by atoms with Crippen molar-refractivity contribution >= 4 is 28.7 Å². The summed E-state index contributed by atoms with van der Waals surface area (Å²) < 4.78 is 6.83. The van der Waals surface area contributed by atoms with Crippen LogP contribution in [0.4, 0.5) is 5.82 Å². The molecule has 3 aromatic rings. The number of aromatic amines is 1. The average molecular weight is 395 g/mol. The third-order valence-electron chi connectivity index (χ3n) is 5.90. The zero-order valence-electron chi connectivity index (χ0n) is 16.0. The largest absolute Gasteiger partial charge is 0.360 e. The van der Waals surface area contributed by atoms with Crippen LogP contribution in [0.2, 0.25) is 0 Å². The first kappa shape index (κ1) is 17.9. The Bertz CT molecular complexity index is 1150. The Labute approximate surface area is 165 Å². The Hall–Kier alpha value is -3.20. The summed E-state index contributed by atoms with van der Waals surface area (Å²) in [5, 5.41) is 3.81. The molecule has 5 rings (SSSR count). The lowest BCUT2D eigenvalue weighted by Crippen LogP contribution is -2.46. The Morgan fingerprint density at radius 2 is 1.90 bits per heavy atom. The summed E-state index contributed by atoms with van der Waals surface area (Å²) in [6, 6.07) is 8.83. The smallest absolute Gasteiger partial charge is 0.326 e. The Balaban J connectivity index is 1.32. The molecule has 0 saturated carbocycles. The first-order valence-electron chi connectivity index (χ1n) is 9.76. The number of carbonyl (C=O) groups is 2. The second kappa shape index (κ2) is 6.70. The van der Waals surface area contributed by atoms with Gasteiger partial charge in [-0.1, -0.05) is 17.3 Å². The molecule has 9 nitrogen and oxygen atoms in total. The second-order valence-electron chi connectivity index (χ2n) is 7.67. The number of aryl methyl sites for hydroxylation is 1. The first-order chi connectivity index (χ1) is 14.0. The number of nitrogens with zero attached hydrogens (tertiary/aromatic N) is 4. The van der Waals surface area contributed by atoms with E-state index in [0.717, 1.165) is 28.8 Å². The number of likely N-dealkylation sites (tertiary alicyclic amines) is 1. The highest BCUT2D eigenvalue weighted by Gasteiger charge is 2.44. The molecule has 150 valence electrons. The predicted molar refractivity (Wildman–Crippen MR) is 105 cm³/mol. The maximum absolute atomic E-state index is 12.9. The third-order valence-corrected chi connectivity index (χ3v) is 5.90. The summed E-state index contributed by atoms with van der Waals surface area (Å²) in [6.45, 7) is 3.01. The van der Waals surface area contributed by atoms with Crippen molar-refractivity contribution in [1.82, 2.24) is 19.6 Å². The summed E-state index contributed by atoms with van der Waals surface area (Å²) in [5.41, 5.74) is 1.62. The fourth-order valence-corrected chi connectivity index (χ4v) is 4.49. The van der Waals surface area contributed by atoms with Gasteiger partial charge in [-0.2, -0.15) is 0 Å². The van der Waals surface area contributed by atoms with Gasteiger partial charge in [0.1, 0.15) is 5.76 Å². The standard InChI is InChI=1S/C20H21N5O4/c1-12-10-17(22-29-12)25-18(26)11-16(19(25)27)23-8-6-13(7-9-23)24-15-5-3-2-4-14(15)21-20(24)28/h2-5,10,13,16H,6-9,11H2,1H3,(H,21,28)/t16-/m0/s1. The highest BCUT2D eigenvalue weighted by atomic mass is 16.5. The van der Waals surface area contributed by atoms with Crippen LogP contribution in [0.3, 0.4) is 0 Å². The number of para-hydroxylation sites is 2. The van der Waals surface area contributed by atoms with Crippen LogP contribution in [0.1, 0.15) is 31.1 Å². The zero-order chi connectivity index (χ0) is 20.1. The highest BCUT2D eigenvalue weighted by molar-refractivity contribution is 6.21. The summed E-state index contributed by atoms with van der Waals surface area (Å²) in [4.78, 5) is 43.8. The fourth-order valence-electron chi connectivity index (χ4n) is 4.49. The van der Waals surface area contributed by atoms with Gasteiger partial charge in [0.15, 0.2) is 5.82 Å². The van der Waals surface area contributed by atoms with E-state index in [2.05, 4.69) is 10.1 Å². The number of anilines is 1. The van der Waals surface area contributed by atoms with Gasteiger partial charge < -0.3 is 9.51 Å². The van der Waals surface area contributed by atoms with Crippen molar-refractivity contribution in [1.29, 1.82) is 0 Å². The average Bonchev–Trinajstić information content (AvgIpc) is 3.36. The third kappa shape index (κ3) is 2.89. The molecular formula is C20H21N5O4. The van der Waals surface area contributed by atoms with Gasteiger partial charge in [0.05, 0.1) is 23.5 Å². The van der Waals surface area contributed by atoms with Crippen molar-refractivity contribution < 1.29 is 14.1 Å². The topological polar surface area (TPSA) is 104 Å². The number of benzene rings is 1. The molecule has 0 spiro atoms. The maximum atomic E-state index is 12.9. The molecule has 0 bridgehead atoms. The second-order valence-corrected chi connectivity index (χ2v) is 7.67. The minimum absolute atomic E-state index is 0.0661. The van der Waals surface area contributed by atoms with E-state index in [-0.39, 0.29) is 35.8 Å². The number of rotatable bonds is 3. The molecule has 2 aliphatic rings. The van der Waals surface area contributed by atoms with Gasteiger partial charge in [-0.15, -0.1) is 0 Å². The number of nitrogens with one attached hydrogen (secondary N) is 1. The maximum Gasteiger partial charge on any atom is 0.326 e. The van der Waals surface area contributed by atoms with Crippen LogP contribution in [-0.4, -0.2) is 50.6 Å². The van der Waals surface area contributed by atoms with E-state index in [0.29, 0.717) is 18.8 Å². The molecule has 2 saturated heterocycles. The van der Waals surface area contributed by atoms with Crippen LogP contribution in [-0.2, 0) is 9.59 Å². The fraction of sp³-hybridized carbons (Fsp3) is 0.400. The molecule has 4 heterocycles. The van der Waals surface area contributed by atoms with Crippen LogP contribution in [0.25, 0.3) is 11.0 Å². The lowest BCUT2D eigenvalue weighted by Gasteiger charge is -2.35. The van der Waals surface area contributed by atoms with E-state index in [1.807, 2.05) is 33.7 Å². The number of fused-ring (bicyclic) bond motifs is 1. The molecule has 9 heteroatoms. The number of hydrogen-bond acceptors (Lipinski definition) is 6. The first-order valence-corrected chi connectivity index (χ1v) is 9.76. The van der Waals surface area contributed by atoms with Crippen LogP contribution in [0.5, 0.6) is 0 Å². The van der Waals surface area contributed by atoms with E-state index in [1.54, 1.807) is 13.0 Å². The summed E-state index contributed by atoms with van der Waals surface area (Å²) in [6.07, 6.45) is 1.62. The van der Waals surface area contributed by atoms with Crippen LogP contribution >= 0.6 is 0 Å². The Morgan fingerprint density at radius 1 is 1.14 bits per heavy atom. The molecule has 0 radical (unpaired) electrons. The van der Waals surface area contributed by atoms with Crippen LogP contribution in [0.15, 0.2) is 39.6 Å². The van der Waals surface area contributed by atoms with Crippen molar-refractivity contribution in [2.75, 3.05) is 18.0 Å². The normalized spacial score (nSPS) is 21.6. The molecule has 0 unspecified atom stereocenters. The van der Waals surface area contributed by atoms with Gasteiger partial charge in [0, 0.05) is 25.2 Å². The molecule has 1 atom stereocenters. The summed E-state index contributed by atoms with van der Waals surface area (Å²) in [5.74, 6) is 0.281. The molecule has 29 heavy (non-hydrogen) atoms. The monoisotopic (exact) mass is 395 g/mol. The number of piperidine rings is 1. The lowest BCUT2D eigenvalue weighted by atomic mass is 10.0. The molecule has 1 N–H and O–H groups in total. The number of aromatic nitrogens is 3. The van der Waals surface area contributed by atoms with Crippen molar-refractivity contribution in [3.05, 3.63) is 46.6 Å². The molecule has 1 aromatic carbocycles. The quantitative estimate of drug-likeness (QED) is 0.676. The Kier molecular flexibility index (Phi) is 4.13. The van der Waals surface area contributed by atoms with E-state index < -0.39 is 6.04 Å². The van der Waals surface area contributed by atoms with E-state index in [1.165, 1.54) is 0 Å². The van der Waals surface area contributed by atoms with Crippen molar-refractivity contribution in [3.8, 4) is 0 Å². The van der Waals surface area contributed by atoms with E-state index in [4.69, 9.17) is 4.52 Å². The summed E-state index contributed by atoms with van der Waals surface area (Å²) >= 11 is 0. The van der Waals surface area contributed by atoms with E-state index >= 15 is 0 Å². The predicted octanol–water partition coefficient (Wildman–Crippen LogP) is 1.60. The minimum Gasteiger partial charge on any atom is -0.360 e. The van der Waals surface area contributed by atoms with Gasteiger partial charge in [-0.25, -0.2) is 9.69 Å². The van der Waals surface area contributed by atoms with Gasteiger partial charge >= 0.3 is 5.69 Å². The molecule has 2 amide bonds. The number of imidazole rings is 1. The number of amides is 2. The number of carbonyl (C=O) groups excluding carboxylic acids is 2. The lowest BCUT2D eigenvalue weighted by molar-refractivity contribution is -0.123. The molecule has 2 fully saturated rings. The van der Waals surface area contributed by atoms with Gasteiger partial charge in [-0.3, -0.25) is 19.1 Å². The molecular weight excluding hydrogens is 374 g/mol. The van der Waals surface area contributed by atoms with Crippen molar-refractivity contribution in [3.63, 3.8) is 0 Å². The highest BCUT2D eigenvalue weighted by Crippen LogP contribution is 2.30. The molecule has 0 aliphatic carbocycles. The zero-order valence-corrected chi connectivity index (χ0v) is 16.0. The minimum atomic E-state index is -0.486. The molecule has 2 aliphatic heterocycles. The number of hydrogen-bond donors (Lipinski definition) is 1. The van der Waals surface area contributed by atoms with Crippen LogP contribution < -0.4 is 10.6 Å². The van der Waals surface area contributed by atoms with Crippen molar-refractivity contribution in [2.45, 2.75) is 38.3 Å². The Morgan fingerprint density at radius 3 is 2.62 bits per heavy atom. The van der Waals surface area contributed by atoms with Gasteiger partial charge in [-0.05, 0) is 31.9 Å². The summed E-state index contributed by atoms with van der Waals surface area (Å²) in [7, 11) is 0. The SMILES string of the molecule is Cc1cc(N2C(=O)C[C@H](N3CCC(n4c(=O)[nH]c5ccccc54)CC3)C2=O)no1. The number of imide groups is 1. The van der Waals surface area contributed by atoms with Gasteiger partial charge in [0.25, 0.3) is 5.91 Å². The van der Waals surface area contributed by atoms with Gasteiger partial charge in [0.2, 0.25) is 5.91 Å². The van der Waals surface area contributed by atoms with Crippen molar-refractivity contribution in [2.24, 2.45) is 0 Å². The molecule has 2 aromatic heterocycles.